The Hall–Kier alpha value is -3.35. The van der Waals surface area contributed by atoms with Gasteiger partial charge in [-0.25, -0.2) is 9.88 Å². The van der Waals surface area contributed by atoms with Crippen LogP contribution in [0.3, 0.4) is 0 Å². The zero-order chi connectivity index (χ0) is 22.0. The minimum Gasteiger partial charge on any atom is -0.268 e. The van der Waals surface area contributed by atoms with Gasteiger partial charge in [0.25, 0.3) is 11.8 Å². The zero-order valence-corrected chi connectivity index (χ0v) is 19.3. The topological polar surface area (TPSA) is 50.3 Å². The van der Waals surface area contributed by atoms with Gasteiger partial charge in [0, 0.05) is 26.5 Å². The number of amides is 2. The van der Waals surface area contributed by atoms with Crippen molar-refractivity contribution in [1.29, 1.82) is 0 Å². The summed E-state index contributed by atoms with van der Waals surface area (Å²) in [5.74, 6) is -0.621. The van der Waals surface area contributed by atoms with Crippen LogP contribution in [0.1, 0.15) is 26.3 Å². The molecule has 4 aromatic carbocycles. The summed E-state index contributed by atoms with van der Waals surface area (Å²) in [5.41, 5.74) is 4.72. The highest BCUT2D eigenvalue weighted by Crippen LogP contribution is 2.37. The molecule has 6 rings (SSSR count). The van der Waals surface area contributed by atoms with Gasteiger partial charge in [0.15, 0.2) is 0 Å². The number of aromatic nitrogens is 1. The first-order chi connectivity index (χ1) is 15.5. The number of anilines is 1. The Morgan fingerprint density at radius 1 is 0.875 bits per heavy atom. The van der Waals surface area contributed by atoms with Gasteiger partial charge < -0.3 is 0 Å². The van der Waals surface area contributed by atoms with Crippen molar-refractivity contribution >= 4 is 65.8 Å². The number of carbonyl (C=O) groups excluding carboxylic acids is 2. The minimum absolute atomic E-state index is 0.311. The average molecular weight is 499 g/mol. The summed E-state index contributed by atoms with van der Waals surface area (Å²) in [4.78, 5) is 32.6. The Morgan fingerprint density at radius 3 is 2.41 bits per heavy atom. The number of imide groups is 1. The third-order valence-corrected chi connectivity index (χ3v) is 7.55. The van der Waals surface area contributed by atoms with Crippen LogP contribution in [0.15, 0.2) is 77.3 Å². The predicted octanol–water partition coefficient (Wildman–Crippen LogP) is 6.99. The highest BCUT2D eigenvalue weighted by molar-refractivity contribution is 9.10. The minimum atomic E-state index is -0.311. The molecular formula is C26H15BrN2O2S. The van der Waals surface area contributed by atoms with Gasteiger partial charge in [-0.3, -0.25) is 9.59 Å². The van der Waals surface area contributed by atoms with Gasteiger partial charge in [0.2, 0.25) is 0 Å². The van der Waals surface area contributed by atoms with Gasteiger partial charge in [-0.2, -0.15) is 0 Å². The van der Waals surface area contributed by atoms with Crippen molar-refractivity contribution < 1.29 is 9.59 Å². The van der Waals surface area contributed by atoms with Crippen LogP contribution in [-0.4, -0.2) is 16.8 Å². The van der Waals surface area contributed by atoms with Crippen molar-refractivity contribution in [3.63, 3.8) is 0 Å². The van der Waals surface area contributed by atoms with Crippen molar-refractivity contribution in [2.45, 2.75) is 6.92 Å². The molecule has 0 radical (unpaired) electrons. The molecule has 0 atom stereocenters. The van der Waals surface area contributed by atoms with E-state index in [1.807, 2.05) is 42.5 Å². The number of fused-ring (bicyclic) bond motifs is 1. The molecule has 0 saturated heterocycles. The molecule has 1 aliphatic heterocycles. The molecule has 1 aliphatic rings. The van der Waals surface area contributed by atoms with E-state index >= 15 is 0 Å². The summed E-state index contributed by atoms with van der Waals surface area (Å²) in [5, 5.41) is 2.48. The SMILES string of the molecule is Cc1ccc2sc(-c3ccc(N4C(=O)c5cccc6c(Br)ccc(c56)C4=O)cc3)nc2c1. The lowest BCUT2D eigenvalue weighted by Gasteiger charge is -2.27. The molecule has 154 valence electrons. The van der Waals surface area contributed by atoms with E-state index < -0.39 is 0 Å². The van der Waals surface area contributed by atoms with Crippen molar-refractivity contribution in [3.05, 3.63) is 94.0 Å². The lowest BCUT2D eigenvalue weighted by atomic mass is 9.93. The molecule has 0 spiro atoms. The third-order valence-electron chi connectivity index (χ3n) is 5.77. The van der Waals surface area contributed by atoms with Gasteiger partial charge in [-0.15, -0.1) is 11.3 Å². The van der Waals surface area contributed by atoms with Gasteiger partial charge in [0.1, 0.15) is 5.01 Å². The van der Waals surface area contributed by atoms with E-state index in [9.17, 15) is 9.59 Å². The van der Waals surface area contributed by atoms with Crippen LogP contribution in [-0.2, 0) is 0 Å². The molecule has 0 unspecified atom stereocenters. The van der Waals surface area contributed by atoms with Crippen LogP contribution < -0.4 is 4.90 Å². The Bertz CT molecular complexity index is 1570. The molecule has 2 heterocycles. The second-order valence-corrected chi connectivity index (χ2v) is 9.69. The summed E-state index contributed by atoms with van der Waals surface area (Å²) in [6.07, 6.45) is 0. The van der Waals surface area contributed by atoms with E-state index in [0.717, 1.165) is 30.6 Å². The summed E-state index contributed by atoms with van der Waals surface area (Å²) < 4.78 is 1.99. The average Bonchev–Trinajstić information content (AvgIpc) is 3.22. The number of thiazole rings is 1. The molecule has 1 aromatic heterocycles. The van der Waals surface area contributed by atoms with Gasteiger partial charge >= 0.3 is 0 Å². The lowest BCUT2D eigenvalue weighted by Crippen LogP contribution is -2.40. The number of benzene rings is 4. The normalized spacial score (nSPS) is 13.4. The largest absolute Gasteiger partial charge is 0.268 e. The molecule has 32 heavy (non-hydrogen) atoms. The molecule has 0 aliphatic carbocycles. The number of aryl methyl sites for hydroxylation is 1. The maximum Gasteiger partial charge on any atom is 0.265 e. The number of hydrogen-bond acceptors (Lipinski definition) is 4. The molecule has 5 aromatic rings. The first-order valence-electron chi connectivity index (χ1n) is 10.1. The second kappa shape index (κ2) is 7.08. The van der Waals surface area contributed by atoms with Crippen molar-refractivity contribution in [1.82, 2.24) is 4.98 Å². The predicted molar refractivity (Wildman–Crippen MR) is 133 cm³/mol. The molecule has 2 amide bonds. The summed E-state index contributed by atoms with van der Waals surface area (Å²) in [7, 11) is 0. The summed E-state index contributed by atoms with van der Waals surface area (Å²) >= 11 is 5.15. The highest BCUT2D eigenvalue weighted by atomic mass is 79.9. The van der Waals surface area contributed by atoms with Crippen molar-refractivity contribution in [2.75, 3.05) is 4.90 Å². The number of rotatable bonds is 2. The Labute approximate surface area is 196 Å². The Kier molecular flexibility index (Phi) is 4.28. The quantitative estimate of drug-likeness (QED) is 0.246. The van der Waals surface area contributed by atoms with Gasteiger partial charge in [0.05, 0.1) is 15.9 Å². The monoisotopic (exact) mass is 498 g/mol. The van der Waals surface area contributed by atoms with E-state index in [1.54, 1.807) is 23.5 Å². The number of carbonyl (C=O) groups is 2. The van der Waals surface area contributed by atoms with Crippen LogP contribution >= 0.6 is 27.3 Å². The number of halogens is 1. The van der Waals surface area contributed by atoms with Crippen LogP contribution in [0.2, 0.25) is 0 Å². The molecule has 0 N–H and O–H groups in total. The van der Waals surface area contributed by atoms with Gasteiger partial charge in [-0.1, -0.05) is 34.1 Å². The highest BCUT2D eigenvalue weighted by Gasteiger charge is 2.34. The van der Waals surface area contributed by atoms with E-state index in [1.165, 1.54) is 10.5 Å². The fraction of sp³-hybridized carbons (Fsp3) is 0.0385. The fourth-order valence-corrected chi connectivity index (χ4v) is 5.62. The molecule has 0 saturated carbocycles. The van der Waals surface area contributed by atoms with Crippen LogP contribution in [0.4, 0.5) is 5.69 Å². The van der Waals surface area contributed by atoms with E-state index in [4.69, 9.17) is 4.98 Å². The molecule has 0 fully saturated rings. The number of nitrogens with zero attached hydrogens (tertiary/aromatic N) is 2. The van der Waals surface area contributed by atoms with E-state index in [-0.39, 0.29) is 11.8 Å². The standard InChI is InChI=1S/C26H15BrN2O2S/c1-14-5-12-22-21(13-14)28-24(32-22)15-6-8-16(9-7-15)29-25(30)18-4-2-3-17-20(27)11-10-19(23(17)18)26(29)31/h2-13H,1H3. The summed E-state index contributed by atoms with van der Waals surface area (Å²) in [6.45, 7) is 2.05. The van der Waals surface area contributed by atoms with Crippen molar-refractivity contribution in [2.24, 2.45) is 0 Å². The van der Waals surface area contributed by atoms with Gasteiger partial charge in [-0.05, 0) is 72.5 Å². The van der Waals surface area contributed by atoms with E-state index in [0.29, 0.717) is 22.2 Å². The second-order valence-electron chi connectivity index (χ2n) is 7.81. The molecule has 0 bridgehead atoms. The van der Waals surface area contributed by atoms with Crippen molar-refractivity contribution in [3.8, 4) is 10.6 Å². The first-order valence-corrected chi connectivity index (χ1v) is 11.7. The fourth-order valence-electron chi connectivity index (χ4n) is 4.21. The third kappa shape index (κ3) is 2.83. The van der Waals surface area contributed by atoms with Crippen LogP contribution in [0.25, 0.3) is 31.6 Å². The summed E-state index contributed by atoms with van der Waals surface area (Å²) in [6, 6.07) is 22.9. The Balaban J connectivity index is 1.41. The first kappa shape index (κ1) is 19.3. The molecule has 4 nitrogen and oxygen atoms in total. The smallest absolute Gasteiger partial charge is 0.265 e. The van der Waals surface area contributed by atoms with Crippen LogP contribution in [0, 0.1) is 6.92 Å². The Morgan fingerprint density at radius 2 is 1.62 bits per heavy atom. The number of hydrogen-bond donors (Lipinski definition) is 0. The zero-order valence-electron chi connectivity index (χ0n) is 16.9. The van der Waals surface area contributed by atoms with E-state index in [2.05, 4.69) is 41.1 Å². The maximum absolute atomic E-state index is 13.3. The lowest BCUT2D eigenvalue weighted by molar-refractivity contribution is 0.0893. The molecule has 6 heteroatoms. The molecular weight excluding hydrogens is 484 g/mol. The maximum atomic E-state index is 13.3. The van der Waals surface area contributed by atoms with Crippen LogP contribution in [0.5, 0.6) is 0 Å².